The van der Waals surface area contributed by atoms with Crippen molar-refractivity contribution in [2.75, 3.05) is 25.6 Å². The van der Waals surface area contributed by atoms with E-state index in [4.69, 9.17) is 4.74 Å². The van der Waals surface area contributed by atoms with Crippen molar-refractivity contribution in [2.45, 2.75) is 30.9 Å². The van der Waals surface area contributed by atoms with Gasteiger partial charge in [0.15, 0.2) is 0 Å². The molecule has 164 valence electrons. The first-order valence-corrected chi connectivity index (χ1v) is 11.5. The van der Waals surface area contributed by atoms with Crippen LogP contribution in [0.5, 0.6) is 5.75 Å². The van der Waals surface area contributed by atoms with Gasteiger partial charge < -0.3 is 14.6 Å². The summed E-state index contributed by atoms with van der Waals surface area (Å²) in [6, 6.07) is 13.1. The Balaban J connectivity index is 1.97. The molecule has 0 fully saturated rings. The van der Waals surface area contributed by atoms with E-state index in [1.165, 1.54) is 0 Å². The molecule has 1 aromatic heterocycles. The lowest BCUT2D eigenvalue weighted by molar-refractivity contribution is -0.121. The van der Waals surface area contributed by atoms with Gasteiger partial charge in [0.25, 0.3) is 0 Å². The van der Waals surface area contributed by atoms with Crippen molar-refractivity contribution >= 4 is 32.5 Å². The molecule has 0 saturated carbocycles. The third-order valence-corrected chi connectivity index (χ3v) is 8.21. The third kappa shape index (κ3) is 3.13. The Bertz CT molecular complexity index is 1270. The second-order valence-electron chi connectivity index (χ2n) is 8.84. The number of likely N-dealkylation sites (N-methyl/N-ethyl adjacent to an activating group) is 1. The van der Waals surface area contributed by atoms with E-state index in [-0.39, 0.29) is 12.5 Å². The van der Waals surface area contributed by atoms with Crippen LogP contribution in [-0.2, 0) is 20.2 Å². The minimum Gasteiger partial charge on any atom is -0.497 e. The summed E-state index contributed by atoms with van der Waals surface area (Å²) >= 11 is 0. The molecule has 31 heavy (non-hydrogen) atoms. The quantitative estimate of drug-likeness (QED) is 0.636. The van der Waals surface area contributed by atoms with E-state index < -0.39 is 20.2 Å². The molecule has 8 heteroatoms. The summed E-state index contributed by atoms with van der Waals surface area (Å²) in [6.45, 7) is 4.82. The summed E-state index contributed by atoms with van der Waals surface area (Å²) in [7, 11) is -0.373. The number of H-pyrrole nitrogens is 1. The molecular formula is C23H27N3O4S. The first-order valence-electron chi connectivity index (χ1n) is 10.1. The van der Waals surface area contributed by atoms with Crippen LogP contribution in [0.1, 0.15) is 31.9 Å². The number of aromatic amines is 1. The van der Waals surface area contributed by atoms with Gasteiger partial charge in [-0.3, -0.25) is 4.79 Å². The Morgan fingerprint density at radius 2 is 1.84 bits per heavy atom. The van der Waals surface area contributed by atoms with E-state index in [2.05, 4.69) is 9.71 Å². The maximum atomic E-state index is 13.8. The van der Waals surface area contributed by atoms with Crippen molar-refractivity contribution in [1.82, 2.24) is 9.71 Å². The molecule has 0 saturated heterocycles. The van der Waals surface area contributed by atoms with Gasteiger partial charge >= 0.3 is 0 Å². The van der Waals surface area contributed by atoms with Crippen molar-refractivity contribution in [3.63, 3.8) is 0 Å². The number of nitrogens with zero attached hydrogens (tertiary/aromatic N) is 1. The molecule has 3 aromatic rings. The first kappa shape index (κ1) is 21.4. The Kier molecular flexibility index (Phi) is 4.90. The molecule has 1 atom stereocenters. The van der Waals surface area contributed by atoms with Gasteiger partial charge in [-0.1, -0.05) is 18.2 Å². The van der Waals surface area contributed by atoms with Crippen molar-refractivity contribution in [3.05, 3.63) is 59.8 Å². The maximum Gasteiger partial charge on any atom is 0.243 e. The van der Waals surface area contributed by atoms with E-state index in [0.29, 0.717) is 11.3 Å². The molecule has 0 spiro atoms. The number of anilines is 1. The minimum absolute atomic E-state index is 0.0864. The lowest BCUT2D eigenvalue weighted by Crippen LogP contribution is -2.51. The van der Waals surface area contributed by atoms with Gasteiger partial charge in [-0.2, -0.15) is 0 Å². The number of benzene rings is 2. The zero-order valence-electron chi connectivity index (χ0n) is 18.3. The van der Waals surface area contributed by atoms with Gasteiger partial charge in [-0.05, 0) is 56.2 Å². The number of sulfonamides is 1. The highest BCUT2D eigenvalue weighted by molar-refractivity contribution is 7.90. The average molecular weight is 442 g/mol. The zero-order valence-corrected chi connectivity index (χ0v) is 19.1. The monoisotopic (exact) mass is 441 g/mol. The number of carbonyl (C=O) groups is 1. The molecule has 4 rings (SSSR count). The van der Waals surface area contributed by atoms with Crippen LogP contribution < -0.4 is 14.4 Å². The number of para-hydroxylation sites is 1. The van der Waals surface area contributed by atoms with Crippen LogP contribution >= 0.6 is 0 Å². The fourth-order valence-electron chi connectivity index (χ4n) is 4.16. The fourth-order valence-corrected chi connectivity index (χ4v) is 5.00. The van der Waals surface area contributed by atoms with Crippen molar-refractivity contribution < 1.29 is 17.9 Å². The fraction of sp³-hybridized carbons (Fsp3) is 0.348. The summed E-state index contributed by atoms with van der Waals surface area (Å²) in [4.78, 5) is 18.6. The van der Waals surface area contributed by atoms with Crippen LogP contribution in [0.2, 0.25) is 0 Å². The molecule has 7 nitrogen and oxygen atoms in total. The van der Waals surface area contributed by atoms with Crippen molar-refractivity contribution in [2.24, 2.45) is 0 Å². The summed E-state index contributed by atoms with van der Waals surface area (Å²) in [5.74, 6) is 0.472. The molecule has 2 heterocycles. The highest BCUT2D eigenvalue weighted by Gasteiger charge is 2.53. The van der Waals surface area contributed by atoms with E-state index in [0.717, 1.165) is 22.2 Å². The molecule has 1 aliphatic heterocycles. The van der Waals surface area contributed by atoms with E-state index in [1.54, 1.807) is 46.0 Å². The molecular weight excluding hydrogens is 414 g/mol. The number of nitrogens with one attached hydrogen (secondary N) is 2. The number of fused-ring (bicyclic) bond motifs is 2. The highest BCUT2D eigenvalue weighted by Crippen LogP contribution is 2.47. The standard InChI is InChI=1S/C23H27N3O4S/c1-22(2,3)31(28,29)25-14-23(17-8-6-7-9-20(17)26(4)21(23)27)18-13-24-19-11-10-15(30-5)12-16(18)19/h6-13,24-25H,14H2,1-5H3/t23-/m1/s1. The topological polar surface area (TPSA) is 91.5 Å². The lowest BCUT2D eigenvalue weighted by Gasteiger charge is -2.30. The molecule has 2 aromatic carbocycles. The van der Waals surface area contributed by atoms with Gasteiger partial charge in [0.2, 0.25) is 15.9 Å². The normalized spacial score (nSPS) is 19.1. The molecule has 0 radical (unpaired) electrons. The maximum absolute atomic E-state index is 13.8. The van der Waals surface area contributed by atoms with Crippen LogP contribution in [0.15, 0.2) is 48.7 Å². The SMILES string of the molecule is COc1ccc2[nH]cc([C@]3(CNS(=O)(=O)C(C)(C)C)C(=O)N(C)c4ccccc43)c2c1. The van der Waals surface area contributed by atoms with Crippen LogP contribution in [0.25, 0.3) is 10.9 Å². The number of amides is 1. The smallest absolute Gasteiger partial charge is 0.243 e. The zero-order chi connectivity index (χ0) is 22.6. The Morgan fingerprint density at radius 1 is 1.13 bits per heavy atom. The second-order valence-corrected chi connectivity index (χ2v) is 11.4. The van der Waals surface area contributed by atoms with Gasteiger partial charge in [0.05, 0.1) is 11.9 Å². The number of ether oxygens (including phenoxy) is 1. The van der Waals surface area contributed by atoms with Crippen LogP contribution in [0.4, 0.5) is 5.69 Å². The number of rotatable bonds is 5. The third-order valence-electron chi connectivity index (χ3n) is 6.08. The molecule has 1 aliphatic rings. The molecule has 0 aliphatic carbocycles. The predicted octanol–water partition coefficient (Wildman–Crippen LogP) is 3.16. The van der Waals surface area contributed by atoms with Gasteiger partial charge in [0.1, 0.15) is 11.2 Å². The van der Waals surface area contributed by atoms with E-state index in [1.807, 2.05) is 42.5 Å². The van der Waals surface area contributed by atoms with Crippen molar-refractivity contribution in [3.8, 4) is 5.75 Å². The van der Waals surface area contributed by atoms with Crippen LogP contribution in [0, 0.1) is 0 Å². The summed E-state index contributed by atoms with van der Waals surface area (Å²) in [5.41, 5.74) is 1.87. The van der Waals surface area contributed by atoms with Crippen molar-refractivity contribution in [1.29, 1.82) is 0 Å². The van der Waals surface area contributed by atoms with Gasteiger partial charge in [-0.15, -0.1) is 0 Å². The summed E-state index contributed by atoms with van der Waals surface area (Å²) < 4.78 is 33.0. The molecule has 0 unspecified atom stereocenters. The van der Waals surface area contributed by atoms with Gasteiger partial charge in [0, 0.05) is 36.4 Å². The molecule has 2 N–H and O–H groups in total. The van der Waals surface area contributed by atoms with E-state index >= 15 is 0 Å². The number of methoxy groups -OCH3 is 1. The number of aromatic nitrogens is 1. The molecule has 0 bridgehead atoms. The minimum atomic E-state index is -3.68. The van der Waals surface area contributed by atoms with Crippen LogP contribution in [-0.4, -0.2) is 44.8 Å². The number of hydrogen-bond donors (Lipinski definition) is 2. The predicted molar refractivity (Wildman–Crippen MR) is 122 cm³/mol. The summed E-state index contributed by atoms with van der Waals surface area (Å²) in [5, 5.41) is 0.813. The lowest BCUT2D eigenvalue weighted by atomic mass is 9.75. The Morgan fingerprint density at radius 3 is 2.52 bits per heavy atom. The number of carbonyl (C=O) groups excluding carboxylic acids is 1. The largest absolute Gasteiger partial charge is 0.497 e. The average Bonchev–Trinajstić information content (AvgIpc) is 3.24. The van der Waals surface area contributed by atoms with Gasteiger partial charge in [-0.25, -0.2) is 13.1 Å². The Hall–Kier alpha value is -2.84. The first-order chi connectivity index (χ1) is 14.5. The van der Waals surface area contributed by atoms with E-state index in [9.17, 15) is 13.2 Å². The highest BCUT2D eigenvalue weighted by atomic mass is 32.2. The Labute approximate surface area is 182 Å². The van der Waals surface area contributed by atoms with Crippen LogP contribution in [0.3, 0.4) is 0 Å². The molecule has 1 amide bonds. The number of hydrogen-bond acceptors (Lipinski definition) is 4. The summed E-state index contributed by atoms with van der Waals surface area (Å²) in [6.07, 6.45) is 1.79. The second kappa shape index (κ2) is 7.10.